The van der Waals surface area contributed by atoms with Crippen molar-refractivity contribution in [2.24, 2.45) is 0 Å². The fraction of sp³-hybridized carbons (Fsp3) is 0.100. The van der Waals surface area contributed by atoms with Gasteiger partial charge in [0, 0.05) is 11.1 Å². The zero-order chi connectivity index (χ0) is 16.0. The lowest BCUT2D eigenvalue weighted by Gasteiger charge is -2.33. The normalized spacial score (nSPS) is 21.6. The molecule has 0 N–H and O–H groups in total. The molecule has 1 heterocycles. The summed E-state index contributed by atoms with van der Waals surface area (Å²) in [5.74, 6) is -0.230. The first-order valence-electron chi connectivity index (χ1n) is 7.46. The topological polar surface area (TPSA) is 43.4 Å². The molecule has 1 atom stereocenters. The molecule has 0 saturated carbocycles. The van der Waals surface area contributed by atoms with E-state index < -0.39 is 17.2 Å². The molecule has 3 heteroatoms. The van der Waals surface area contributed by atoms with Gasteiger partial charge in [0.05, 0.1) is 0 Å². The molecular weight excluding hydrogens is 288 g/mol. The minimum absolute atomic E-state index is 0.438. The maximum absolute atomic E-state index is 12.0. The van der Waals surface area contributed by atoms with Gasteiger partial charge in [-0.25, -0.2) is 0 Å². The van der Waals surface area contributed by atoms with Crippen molar-refractivity contribution in [2.45, 2.75) is 12.5 Å². The zero-order valence-corrected chi connectivity index (χ0v) is 12.6. The quantitative estimate of drug-likeness (QED) is 0.753. The number of allylic oxidation sites excluding steroid dienone is 1. The lowest BCUT2D eigenvalue weighted by molar-refractivity contribution is -0.110. The lowest BCUT2D eigenvalue weighted by Crippen LogP contribution is -2.29. The second-order valence-corrected chi connectivity index (χ2v) is 5.87. The molecule has 1 unspecified atom stereocenters. The van der Waals surface area contributed by atoms with E-state index in [-0.39, 0.29) is 0 Å². The van der Waals surface area contributed by atoms with Crippen LogP contribution in [0.3, 0.4) is 0 Å². The number of hydrogen-bond donors (Lipinski definition) is 0. The summed E-state index contributed by atoms with van der Waals surface area (Å²) in [6.07, 6.45) is 6.97. The van der Waals surface area contributed by atoms with Crippen molar-refractivity contribution in [3.05, 3.63) is 76.9 Å². The van der Waals surface area contributed by atoms with Gasteiger partial charge < -0.3 is 4.74 Å². The Balaban J connectivity index is 1.83. The fourth-order valence-electron chi connectivity index (χ4n) is 3.05. The number of hydrogen-bond acceptors (Lipinski definition) is 3. The van der Waals surface area contributed by atoms with Gasteiger partial charge in [-0.2, -0.15) is 0 Å². The SMILES string of the molecule is CC1(c2ccccc2)C=Cc2c(ccc3c2C=CC(=O)C3=O)O1. The third kappa shape index (κ3) is 2.05. The van der Waals surface area contributed by atoms with E-state index in [1.54, 1.807) is 18.2 Å². The summed E-state index contributed by atoms with van der Waals surface area (Å²) in [4.78, 5) is 23.5. The Kier molecular flexibility index (Phi) is 2.85. The van der Waals surface area contributed by atoms with Gasteiger partial charge in [-0.15, -0.1) is 0 Å². The molecule has 2 aromatic carbocycles. The highest BCUT2D eigenvalue weighted by atomic mass is 16.5. The smallest absolute Gasteiger partial charge is 0.233 e. The van der Waals surface area contributed by atoms with Crippen molar-refractivity contribution < 1.29 is 14.3 Å². The minimum atomic E-state index is -0.555. The van der Waals surface area contributed by atoms with Gasteiger partial charge in [-0.05, 0) is 48.4 Å². The van der Waals surface area contributed by atoms with Crippen LogP contribution in [0.15, 0.2) is 54.6 Å². The van der Waals surface area contributed by atoms with E-state index >= 15 is 0 Å². The predicted octanol–water partition coefficient (Wildman–Crippen LogP) is 3.79. The summed E-state index contributed by atoms with van der Waals surface area (Å²) in [7, 11) is 0. The summed E-state index contributed by atoms with van der Waals surface area (Å²) in [6, 6.07) is 13.4. The molecule has 0 radical (unpaired) electrons. The maximum Gasteiger partial charge on any atom is 0.233 e. The van der Waals surface area contributed by atoms with Gasteiger partial charge in [0.25, 0.3) is 0 Å². The first-order chi connectivity index (χ1) is 11.1. The molecule has 1 aliphatic carbocycles. The Morgan fingerprint density at radius 2 is 1.65 bits per heavy atom. The zero-order valence-electron chi connectivity index (χ0n) is 12.6. The molecule has 3 nitrogen and oxygen atoms in total. The Morgan fingerprint density at radius 3 is 2.43 bits per heavy atom. The molecule has 4 rings (SSSR count). The van der Waals surface area contributed by atoms with Gasteiger partial charge in [0.2, 0.25) is 11.6 Å². The molecule has 0 saturated heterocycles. The highest BCUT2D eigenvalue weighted by molar-refractivity contribution is 6.50. The van der Waals surface area contributed by atoms with Gasteiger partial charge >= 0.3 is 0 Å². The number of rotatable bonds is 1. The van der Waals surface area contributed by atoms with Crippen molar-refractivity contribution in [1.82, 2.24) is 0 Å². The average Bonchev–Trinajstić information content (AvgIpc) is 2.58. The van der Waals surface area contributed by atoms with E-state index in [2.05, 4.69) is 0 Å². The van der Waals surface area contributed by atoms with Gasteiger partial charge in [-0.3, -0.25) is 9.59 Å². The Morgan fingerprint density at radius 1 is 0.870 bits per heavy atom. The molecule has 2 aliphatic rings. The van der Waals surface area contributed by atoms with Crippen LogP contribution in [0.25, 0.3) is 12.2 Å². The van der Waals surface area contributed by atoms with Gasteiger partial charge in [-0.1, -0.05) is 36.4 Å². The number of benzene rings is 2. The molecule has 0 fully saturated rings. The van der Waals surface area contributed by atoms with Crippen LogP contribution in [-0.4, -0.2) is 11.6 Å². The average molecular weight is 302 g/mol. The Labute approximate surface area is 133 Å². The van der Waals surface area contributed by atoms with E-state index in [4.69, 9.17) is 4.74 Å². The highest BCUT2D eigenvalue weighted by Gasteiger charge is 2.32. The van der Waals surface area contributed by atoms with Crippen LogP contribution in [0.4, 0.5) is 0 Å². The van der Waals surface area contributed by atoms with Crippen LogP contribution < -0.4 is 4.74 Å². The molecule has 112 valence electrons. The lowest BCUT2D eigenvalue weighted by atomic mass is 9.87. The summed E-state index contributed by atoms with van der Waals surface area (Å²) in [6.45, 7) is 2.01. The summed E-state index contributed by atoms with van der Waals surface area (Å²) >= 11 is 0. The van der Waals surface area contributed by atoms with E-state index in [1.807, 2.05) is 49.4 Å². The summed E-state index contributed by atoms with van der Waals surface area (Å²) in [5.41, 5.74) is 2.53. The highest BCUT2D eigenvalue weighted by Crippen LogP contribution is 2.40. The van der Waals surface area contributed by atoms with Gasteiger partial charge in [0.15, 0.2) is 0 Å². The molecule has 0 aromatic heterocycles. The standard InChI is InChI=1S/C20H14O3/c1-20(13-5-3-2-4-6-13)12-11-15-14-7-9-17(21)19(22)16(14)8-10-18(15)23-20/h2-12H,1H3. The second kappa shape index (κ2) is 4.78. The molecule has 0 amide bonds. The van der Waals surface area contributed by atoms with Crippen LogP contribution in [0.2, 0.25) is 0 Å². The first kappa shape index (κ1) is 13.7. The maximum atomic E-state index is 12.0. The Hall–Kier alpha value is -2.94. The van der Waals surface area contributed by atoms with Crippen LogP contribution in [-0.2, 0) is 10.4 Å². The first-order valence-corrected chi connectivity index (χ1v) is 7.46. The van der Waals surface area contributed by atoms with Gasteiger partial charge in [0.1, 0.15) is 11.4 Å². The van der Waals surface area contributed by atoms with Crippen molar-refractivity contribution in [2.75, 3.05) is 0 Å². The minimum Gasteiger partial charge on any atom is -0.478 e. The molecular formula is C20H14O3. The number of carbonyl (C=O) groups is 2. The van der Waals surface area contributed by atoms with E-state index in [0.29, 0.717) is 11.3 Å². The number of fused-ring (bicyclic) bond motifs is 3. The van der Waals surface area contributed by atoms with Crippen LogP contribution in [0.1, 0.15) is 34.0 Å². The number of ketones is 2. The van der Waals surface area contributed by atoms with Crippen LogP contribution in [0.5, 0.6) is 5.75 Å². The van der Waals surface area contributed by atoms with Crippen molar-refractivity contribution in [1.29, 1.82) is 0 Å². The predicted molar refractivity (Wildman–Crippen MR) is 88.3 cm³/mol. The van der Waals surface area contributed by atoms with Crippen molar-refractivity contribution in [3.63, 3.8) is 0 Å². The summed E-state index contributed by atoms with van der Waals surface area (Å²) in [5, 5.41) is 0. The molecule has 0 spiro atoms. The fourth-order valence-corrected chi connectivity index (χ4v) is 3.05. The monoisotopic (exact) mass is 302 g/mol. The number of Topliss-reactive ketones (excluding diaryl/α,β-unsaturated/α-hetero) is 1. The molecule has 2 aromatic rings. The number of carbonyl (C=O) groups excluding carboxylic acids is 2. The Bertz CT molecular complexity index is 891. The van der Waals surface area contributed by atoms with E-state index in [9.17, 15) is 9.59 Å². The molecule has 1 aliphatic heterocycles. The largest absolute Gasteiger partial charge is 0.478 e. The third-order valence-electron chi connectivity index (χ3n) is 4.35. The molecule has 23 heavy (non-hydrogen) atoms. The second-order valence-electron chi connectivity index (χ2n) is 5.87. The third-order valence-corrected chi connectivity index (χ3v) is 4.35. The van der Waals surface area contributed by atoms with Crippen LogP contribution >= 0.6 is 0 Å². The molecule has 0 bridgehead atoms. The van der Waals surface area contributed by atoms with Crippen LogP contribution in [0, 0.1) is 0 Å². The van der Waals surface area contributed by atoms with Crippen molar-refractivity contribution in [3.8, 4) is 5.75 Å². The van der Waals surface area contributed by atoms with Crippen molar-refractivity contribution >= 4 is 23.7 Å². The van der Waals surface area contributed by atoms with E-state index in [0.717, 1.165) is 16.7 Å². The number of ether oxygens (including phenoxy) is 1. The summed E-state index contributed by atoms with van der Waals surface area (Å²) < 4.78 is 6.22. The van der Waals surface area contributed by atoms with E-state index in [1.165, 1.54) is 6.08 Å².